The Balaban J connectivity index is 2.48. The summed E-state index contributed by atoms with van der Waals surface area (Å²) in [5.41, 5.74) is 1.31. The van der Waals surface area contributed by atoms with Crippen molar-refractivity contribution in [3.8, 4) is 6.07 Å². The van der Waals surface area contributed by atoms with Crippen LogP contribution in [0.4, 0.5) is 5.13 Å². The van der Waals surface area contributed by atoms with Crippen LogP contribution in [0.1, 0.15) is 6.92 Å². The van der Waals surface area contributed by atoms with E-state index in [2.05, 4.69) is 11.6 Å². The minimum atomic E-state index is -0.338. The van der Waals surface area contributed by atoms with Gasteiger partial charge in [0.05, 0.1) is 0 Å². The van der Waals surface area contributed by atoms with Gasteiger partial charge in [-0.05, 0) is 12.5 Å². The Morgan fingerprint density at radius 2 is 2.40 bits per heavy atom. The maximum absolute atomic E-state index is 11.8. The summed E-state index contributed by atoms with van der Waals surface area (Å²) < 4.78 is 0. The van der Waals surface area contributed by atoms with Crippen LogP contribution in [0.25, 0.3) is 0 Å². The second-order valence-corrected chi connectivity index (χ2v) is 3.89. The van der Waals surface area contributed by atoms with Gasteiger partial charge in [-0.2, -0.15) is 5.26 Å². The lowest BCUT2D eigenvalue weighted by Crippen LogP contribution is -2.24. The van der Waals surface area contributed by atoms with Crippen molar-refractivity contribution < 1.29 is 4.79 Å². The lowest BCUT2D eigenvalue weighted by Gasteiger charge is -2.13. The van der Waals surface area contributed by atoms with Gasteiger partial charge < -0.3 is 0 Å². The summed E-state index contributed by atoms with van der Waals surface area (Å²) >= 11 is 1.34. The number of nitrogens with zero attached hydrogens (tertiary/aromatic N) is 3. The number of hydrogen-bond acceptors (Lipinski definition) is 4. The molecule has 0 saturated carbocycles. The van der Waals surface area contributed by atoms with E-state index >= 15 is 0 Å². The number of amides is 1. The first kappa shape index (κ1) is 9.62. The number of aromatic nitrogens is 1. The lowest BCUT2D eigenvalue weighted by molar-refractivity contribution is -0.113. The Morgan fingerprint density at radius 3 is 2.87 bits per heavy atom. The van der Waals surface area contributed by atoms with E-state index < -0.39 is 0 Å². The van der Waals surface area contributed by atoms with E-state index in [1.165, 1.54) is 16.2 Å². The van der Waals surface area contributed by atoms with Crippen molar-refractivity contribution in [3.05, 3.63) is 35.0 Å². The van der Waals surface area contributed by atoms with E-state index in [0.29, 0.717) is 16.4 Å². The number of carbonyl (C=O) groups is 1. The standard InChI is InChI=1S/C10H7N3OS/c1-6-7(2)13(9(14)8(6)5-11)10-12-3-4-15-10/h3-4H,2H2,1H3. The average molecular weight is 217 g/mol. The predicted octanol–water partition coefficient (Wildman–Crippen LogP) is 1.84. The fraction of sp³-hybridized carbons (Fsp3) is 0.100. The highest BCUT2D eigenvalue weighted by Gasteiger charge is 2.34. The molecule has 0 aliphatic carbocycles. The van der Waals surface area contributed by atoms with E-state index in [4.69, 9.17) is 5.26 Å². The molecule has 1 aromatic heterocycles. The molecule has 74 valence electrons. The first-order valence-corrected chi connectivity index (χ1v) is 5.09. The van der Waals surface area contributed by atoms with Crippen molar-refractivity contribution in [2.24, 2.45) is 0 Å². The highest BCUT2D eigenvalue weighted by atomic mass is 32.1. The Labute approximate surface area is 90.8 Å². The molecule has 15 heavy (non-hydrogen) atoms. The summed E-state index contributed by atoms with van der Waals surface area (Å²) in [6.45, 7) is 5.50. The van der Waals surface area contributed by atoms with Gasteiger partial charge in [-0.25, -0.2) is 4.98 Å². The topological polar surface area (TPSA) is 57.0 Å². The molecule has 0 spiro atoms. The van der Waals surface area contributed by atoms with Crippen LogP contribution in [0, 0.1) is 11.3 Å². The highest BCUT2D eigenvalue weighted by molar-refractivity contribution is 7.13. The van der Waals surface area contributed by atoms with Crippen LogP contribution >= 0.6 is 11.3 Å². The van der Waals surface area contributed by atoms with Gasteiger partial charge >= 0.3 is 0 Å². The predicted molar refractivity (Wildman–Crippen MR) is 57.1 cm³/mol. The fourth-order valence-corrected chi connectivity index (χ4v) is 2.03. The molecular formula is C10H7N3OS. The molecule has 0 N–H and O–H groups in total. The van der Waals surface area contributed by atoms with Gasteiger partial charge in [-0.3, -0.25) is 9.69 Å². The molecule has 4 nitrogen and oxygen atoms in total. The Hall–Kier alpha value is -1.93. The Morgan fingerprint density at radius 1 is 1.67 bits per heavy atom. The number of rotatable bonds is 1. The summed E-state index contributed by atoms with van der Waals surface area (Å²) in [5.74, 6) is -0.338. The molecule has 1 aliphatic heterocycles. The lowest BCUT2D eigenvalue weighted by atomic mass is 10.2. The second kappa shape index (κ2) is 3.33. The van der Waals surface area contributed by atoms with Crippen molar-refractivity contribution in [2.75, 3.05) is 4.90 Å². The third-order valence-electron chi connectivity index (χ3n) is 2.22. The van der Waals surface area contributed by atoms with Crippen LogP contribution in [-0.4, -0.2) is 10.9 Å². The number of thiazole rings is 1. The molecule has 0 atom stereocenters. The van der Waals surface area contributed by atoms with Crippen molar-refractivity contribution in [1.29, 1.82) is 5.26 Å². The number of allylic oxidation sites excluding steroid dienone is 1. The minimum Gasteiger partial charge on any atom is -0.267 e. The quantitative estimate of drug-likeness (QED) is 0.721. The number of nitriles is 1. The van der Waals surface area contributed by atoms with Crippen molar-refractivity contribution in [2.45, 2.75) is 6.92 Å². The number of carbonyl (C=O) groups excluding carboxylic acids is 1. The molecule has 1 aliphatic rings. The summed E-state index contributed by atoms with van der Waals surface area (Å²) in [6.07, 6.45) is 1.61. The molecule has 0 unspecified atom stereocenters. The van der Waals surface area contributed by atoms with Crippen LogP contribution in [-0.2, 0) is 4.79 Å². The highest BCUT2D eigenvalue weighted by Crippen LogP contribution is 2.33. The van der Waals surface area contributed by atoms with E-state index in [1.54, 1.807) is 18.5 Å². The summed E-state index contributed by atoms with van der Waals surface area (Å²) in [6, 6.07) is 1.89. The number of anilines is 1. The molecule has 2 rings (SSSR count). The molecule has 1 amide bonds. The summed E-state index contributed by atoms with van der Waals surface area (Å²) in [5, 5.41) is 11.2. The van der Waals surface area contributed by atoms with Crippen LogP contribution in [0.15, 0.2) is 35.0 Å². The van der Waals surface area contributed by atoms with Gasteiger partial charge in [-0.15, -0.1) is 11.3 Å². The van der Waals surface area contributed by atoms with Crippen LogP contribution < -0.4 is 4.90 Å². The number of hydrogen-bond donors (Lipinski definition) is 0. The van der Waals surface area contributed by atoms with Crippen LogP contribution in [0.5, 0.6) is 0 Å². The molecular weight excluding hydrogens is 210 g/mol. The van der Waals surface area contributed by atoms with Gasteiger partial charge in [0.25, 0.3) is 5.91 Å². The molecule has 5 heteroatoms. The smallest absolute Gasteiger partial charge is 0.267 e. The molecule has 0 aromatic carbocycles. The molecule has 0 fully saturated rings. The maximum atomic E-state index is 11.8. The van der Waals surface area contributed by atoms with E-state index in [0.717, 1.165) is 0 Å². The zero-order valence-corrected chi connectivity index (χ0v) is 8.84. The van der Waals surface area contributed by atoms with Crippen molar-refractivity contribution in [3.63, 3.8) is 0 Å². The van der Waals surface area contributed by atoms with Gasteiger partial charge in [0.2, 0.25) is 0 Å². The largest absolute Gasteiger partial charge is 0.275 e. The fourth-order valence-electron chi connectivity index (χ4n) is 1.37. The third kappa shape index (κ3) is 1.27. The molecule has 1 aromatic rings. The average Bonchev–Trinajstić information content (AvgIpc) is 2.77. The van der Waals surface area contributed by atoms with Crippen molar-refractivity contribution in [1.82, 2.24) is 4.98 Å². The molecule has 0 saturated heterocycles. The minimum absolute atomic E-state index is 0.148. The Bertz CT molecular complexity index is 507. The maximum Gasteiger partial charge on any atom is 0.275 e. The molecule has 2 heterocycles. The summed E-state index contributed by atoms with van der Waals surface area (Å²) in [4.78, 5) is 17.2. The molecule has 0 radical (unpaired) electrons. The normalized spacial score (nSPS) is 16.1. The SMILES string of the molecule is C=C1C(C)=C(C#N)C(=O)N1c1nccs1. The van der Waals surface area contributed by atoms with Gasteiger partial charge in [0.15, 0.2) is 5.13 Å². The van der Waals surface area contributed by atoms with Crippen molar-refractivity contribution >= 4 is 22.4 Å². The second-order valence-electron chi connectivity index (χ2n) is 3.01. The monoisotopic (exact) mass is 217 g/mol. The van der Waals surface area contributed by atoms with E-state index in [-0.39, 0.29) is 11.5 Å². The zero-order valence-electron chi connectivity index (χ0n) is 8.02. The van der Waals surface area contributed by atoms with Gasteiger partial charge in [0, 0.05) is 17.3 Å². The van der Waals surface area contributed by atoms with Gasteiger partial charge in [-0.1, -0.05) is 6.58 Å². The zero-order chi connectivity index (χ0) is 11.0. The van der Waals surface area contributed by atoms with Crippen LogP contribution in [0.2, 0.25) is 0 Å². The van der Waals surface area contributed by atoms with Crippen LogP contribution in [0.3, 0.4) is 0 Å². The first-order valence-electron chi connectivity index (χ1n) is 4.21. The molecule has 0 bridgehead atoms. The summed E-state index contributed by atoms with van der Waals surface area (Å²) in [7, 11) is 0. The van der Waals surface area contributed by atoms with Gasteiger partial charge in [0.1, 0.15) is 11.6 Å². The first-order chi connectivity index (χ1) is 7.16. The third-order valence-corrected chi connectivity index (χ3v) is 2.97. The Kier molecular flexibility index (Phi) is 2.14. The van der Waals surface area contributed by atoms with E-state index in [1.807, 2.05) is 6.07 Å². The van der Waals surface area contributed by atoms with E-state index in [9.17, 15) is 4.79 Å².